The summed E-state index contributed by atoms with van der Waals surface area (Å²) in [6.45, 7) is 2.86. The maximum atomic E-state index is 13.3. The molecule has 0 radical (unpaired) electrons. The van der Waals surface area contributed by atoms with Gasteiger partial charge in [0.25, 0.3) is 11.8 Å². The molecule has 146 valence electrons. The van der Waals surface area contributed by atoms with Gasteiger partial charge in [-0.1, -0.05) is 36.4 Å². The standard InChI is InChI=1S/C22H20N4O3/c1-15(27)26-20(28)19(12-17-10-7-11-24-18(17)14-23)25(3)21(29)22(26,2)13-16-8-5-4-6-9-16/h4-12H,13H2,1-3H3/b19-12-. The first-order valence-corrected chi connectivity index (χ1v) is 9.03. The second kappa shape index (κ2) is 7.68. The molecule has 1 fully saturated rings. The molecule has 0 N–H and O–H groups in total. The highest BCUT2D eigenvalue weighted by atomic mass is 16.2. The highest BCUT2D eigenvalue weighted by molar-refractivity contribution is 6.15. The van der Waals surface area contributed by atoms with Crippen molar-refractivity contribution in [3.63, 3.8) is 0 Å². The first kappa shape index (κ1) is 20.0. The van der Waals surface area contributed by atoms with Crippen LogP contribution >= 0.6 is 0 Å². The number of imide groups is 1. The van der Waals surface area contributed by atoms with Gasteiger partial charge in [0.15, 0.2) is 0 Å². The van der Waals surface area contributed by atoms with E-state index in [0.717, 1.165) is 10.5 Å². The zero-order chi connectivity index (χ0) is 21.2. The molecule has 2 aromatic rings. The van der Waals surface area contributed by atoms with Gasteiger partial charge in [-0.15, -0.1) is 0 Å². The van der Waals surface area contributed by atoms with E-state index in [0.29, 0.717) is 5.56 Å². The van der Waals surface area contributed by atoms with Crippen LogP contribution in [0.3, 0.4) is 0 Å². The van der Waals surface area contributed by atoms with Crippen molar-refractivity contribution in [3.8, 4) is 6.07 Å². The first-order chi connectivity index (χ1) is 13.8. The van der Waals surface area contributed by atoms with Crippen LogP contribution in [-0.2, 0) is 20.8 Å². The Balaban J connectivity index is 2.10. The van der Waals surface area contributed by atoms with Crippen LogP contribution in [0.1, 0.15) is 30.7 Å². The molecule has 0 aliphatic carbocycles. The lowest BCUT2D eigenvalue weighted by atomic mass is 9.86. The Labute approximate surface area is 168 Å². The zero-order valence-corrected chi connectivity index (χ0v) is 16.4. The molecule has 0 saturated carbocycles. The van der Waals surface area contributed by atoms with E-state index in [4.69, 9.17) is 0 Å². The lowest BCUT2D eigenvalue weighted by Crippen LogP contribution is -2.67. The molecule has 3 rings (SSSR count). The molecule has 0 spiro atoms. The number of carbonyl (C=O) groups is 3. The number of carbonyl (C=O) groups excluding carboxylic acids is 3. The molecule has 3 amide bonds. The Bertz CT molecular complexity index is 1060. The SMILES string of the molecule is CC(=O)N1C(=O)/C(=C/c2cccnc2C#N)N(C)C(=O)C1(C)Cc1ccccc1. The number of nitrogens with zero attached hydrogens (tertiary/aromatic N) is 4. The lowest BCUT2D eigenvalue weighted by molar-refractivity contribution is -0.164. The lowest BCUT2D eigenvalue weighted by Gasteiger charge is -2.45. The second-order valence-electron chi connectivity index (χ2n) is 7.04. The zero-order valence-electron chi connectivity index (χ0n) is 16.4. The van der Waals surface area contributed by atoms with Crippen molar-refractivity contribution in [1.29, 1.82) is 5.26 Å². The summed E-state index contributed by atoms with van der Waals surface area (Å²) in [5.74, 6) is -1.50. The molecular formula is C22H20N4O3. The van der Waals surface area contributed by atoms with Crippen molar-refractivity contribution in [3.05, 3.63) is 71.2 Å². The van der Waals surface area contributed by atoms with Crippen LogP contribution in [0.4, 0.5) is 0 Å². The van der Waals surface area contributed by atoms with E-state index in [2.05, 4.69) is 4.98 Å². The molecule has 1 aliphatic heterocycles. The minimum atomic E-state index is -1.36. The average molecular weight is 388 g/mol. The number of amides is 3. The van der Waals surface area contributed by atoms with E-state index in [1.807, 2.05) is 36.4 Å². The van der Waals surface area contributed by atoms with Gasteiger partial charge in [-0.05, 0) is 24.6 Å². The summed E-state index contributed by atoms with van der Waals surface area (Å²) in [6.07, 6.45) is 3.09. The Kier molecular flexibility index (Phi) is 5.29. The molecule has 1 unspecified atom stereocenters. The fraction of sp³-hybridized carbons (Fsp3) is 0.227. The van der Waals surface area contributed by atoms with Crippen LogP contribution in [0.5, 0.6) is 0 Å². The predicted octanol–water partition coefficient (Wildman–Crippen LogP) is 2.14. The summed E-state index contributed by atoms with van der Waals surface area (Å²) in [6, 6.07) is 14.4. The third kappa shape index (κ3) is 3.52. The fourth-order valence-electron chi connectivity index (χ4n) is 3.62. The number of hydrogen-bond acceptors (Lipinski definition) is 5. The van der Waals surface area contributed by atoms with Crippen LogP contribution in [0, 0.1) is 11.3 Å². The van der Waals surface area contributed by atoms with Crippen molar-refractivity contribution in [2.75, 3.05) is 7.05 Å². The minimum Gasteiger partial charge on any atom is -0.309 e. The van der Waals surface area contributed by atoms with E-state index < -0.39 is 17.4 Å². The molecule has 2 heterocycles. The highest BCUT2D eigenvalue weighted by Crippen LogP contribution is 2.32. The number of nitriles is 1. The number of rotatable bonds is 3. The summed E-state index contributed by atoms with van der Waals surface area (Å²) in [7, 11) is 1.50. The number of aromatic nitrogens is 1. The van der Waals surface area contributed by atoms with E-state index in [1.54, 1.807) is 19.1 Å². The summed E-state index contributed by atoms with van der Waals surface area (Å²) in [4.78, 5) is 45.3. The molecule has 0 bridgehead atoms. The van der Waals surface area contributed by atoms with E-state index in [1.165, 1.54) is 31.1 Å². The molecule has 7 heteroatoms. The van der Waals surface area contributed by atoms with Crippen LogP contribution in [0.25, 0.3) is 6.08 Å². The molecular weight excluding hydrogens is 368 g/mol. The maximum absolute atomic E-state index is 13.3. The monoisotopic (exact) mass is 388 g/mol. The molecule has 1 aromatic heterocycles. The van der Waals surface area contributed by atoms with Gasteiger partial charge in [0, 0.05) is 32.2 Å². The molecule has 1 atom stereocenters. The molecule has 1 aromatic carbocycles. The summed E-state index contributed by atoms with van der Waals surface area (Å²) in [5, 5.41) is 9.25. The fourth-order valence-corrected chi connectivity index (χ4v) is 3.62. The molecule has 7 nitrogen and oxygen atoms in total. The molecule has 29 heavy (non-hydrogen) atoms. The maximum Gasteiger partial charge on any atom is 0.278 e. The number of benzene rings is 1. The second-order valence-corrected chi connectivity index (χ2v) is 7.04. The molecule has 1 aliphatic rings. The van der Waals surface area contributed by atoms with Gasteiger partial charge in [0.05, 0.1) is 0 Å². The van der Waals surface area contributed by atoms with Gasteiger partial charge in [-0.3, -0.25) is 19.3 Å². The first-order valence-electron chi connectivity index (χ1n) is 9.03. The third-order valence-corrected chi connectivity index (χ3v) is 4.99. The van der Waals surface area contributed by atoms with Gasteiger partial charge in [0.1, 0.15) is 23.0 Å². The Morgan fingerprint density at radius 1 is 1.21 bits per heavy atom. The number of piperazine rings is 1. The Morgan fingerprint density at radius 3 is 2.52 bits per heavy atom. The van der Waals surface area contributed by atoms with Gasteiger partial charge >= 0.3 is 0 Å². The quantitative estimate of drug-likeness (QED) is 0.751. The van der Waals surface area contributed by atoms with Gasteiger partial charge < -0.3 is 4.90 Å². The van der Waals surface area contributed by atoms with Crippen molar-refractivity contribution in [2.45, 2.75) is 25.8 Å². The van der Waals surface area contributed by atoms with Crippen LogP contribution < -0.4 is 0 Å². The number of hydrogen-bond donors (Lipinski definition) is 0. The summed E-state index contributed by atoms with van der Waals surface area (Å²) >= 11 is 0. The van der Waals surface area contributed by atoms with E-state index in [9.17, 15) is 19.6 Å². The highest BCUT2D eigenvalue weighted by Gasteiger charge is 2.52. The van der Waals surface area contributed by atoms with E-state index >= 15 is 0 Å². The van der Waals surface area contributed by atoms with Crippen molar-refractivity contribution in [2.24, 2.45) is 0 Å². The Morgan fingerprint density at radius 2 is 1.90 bits per heavy atom. The van der Waals surface area contributed by atoms with Crippen LogP contribution in [0.15, 0.2) is 54.4 Å². The van der Waals surface area contributed by atoms with Gasteiger partial charge in [-0.25, -0.2) is 4.98 Å². The number of pyridine rings is 1. The molecule has 1 saturated heterocycles. The van der Waals surface area contributed by atoms with Crippen LogP contribution in [-0.4, -0.2) is 45.1 Å². The smallest absolute Gasteiger partial charge is 0.278 e. The summed E-state index contributed by atoms with van der Waals surface area (Å²) < 4.78 is 0. The normalized spacial score (nSPS) is 20.7. The van der Waals surface area contributed by atoms with Crippen molar-refractivity contribution >= 4 is 23.8 Å². The van der Waals surface area contributed by atoms with Crippen LogP contribution in [0.2, 0.25) is 0 Å². The van der Waals surface area contributed by atoms with Crippen molar-refractivity contribution in [1.82, 2.24) is 14.8 Å². The Hall–Kier alpha value is -3.79. The third-order valence-electron chi connectivity index (χ3n) is 4.99. The topological polar surface area (TPSA) is 94.4 Å². The minimum absolute atomic E-state index is 0.0141. The van der Waals surface area contributed by atoms with Crippen molar-refractivity contribution < 1.29 is 14.4 Å². The largest absolute Gasteiger partial charge is 0.309 e. The predicted molar refractivity (Wildman–Crippen MR) is 106 cm³/mol. The van der Waals surface area contributed by atoms with Gasteiger partial charge in [0.2, 0.25) is 5.91 Å². The average Bonchev–Trinajstić information content (AvgIpc) is 2.70. The van der Waals surface area contributed by atoms with Gasteiger partial charge in [-0.2, -0.15) is 5.26 Å². The number of likely N-dealkylation sites (N-methyl/N-ethyl adjacent to an activating group) is 1. The summed E-state index contributed by atoms with van der Waals surface area (Å²) in [5.41, 5.74) is 0.0138. The van der Waals surface area contributed by atoms with E-state index in [-0.39, 0.29) is 23.7 Å².